The third kappa shape index (κ3) is 3.46. The summed E-state index contributed by atoms with van der Waals surface area (Å²) >= 11 is 0. The highest BCUT2D eigenvalue weighted by atomic mass is 16.4. The summed E-state index contributed by atoms with van der Waals surface area (Å²) < 4.78 is 5.08. The maximum absolute atomic E-state index is 11.2. The smallest absolute Gasteiger partial charge is 0.226 e. The first-order chi connectivity index (χ1) is 8.75. The molecular weight excluding hydrogens is 230 g/mol. The van der Waals surface area contributed by atoms with E-state index in [1.165, 1.54) is 11.6 Å². The summed E-state index contributed by atoms with van der Waals surface area (Å²) in [5.74, 6) is 0.161. The van der Waals surface area contributed by atoms with Gasteiger partial charge in [0, 0.05) is 6.07 Å². The van der Waals surface area contributed by atoms with E-state index in [-0.39, 0.29) is 5.75 Å². The van der Waals surface area contributed by atoms with Crippen molar-refractivity contribution in [2.75, 3.05) is 6.54 Å². The molecule has 0 saturated carbocycles. The maximum Gasteiger partial charge on any atom is 0.226 e. The molecule has 0 bridgehead atoms. The summed E-state index contributed by atoms with van der Waals surface area (Å²) in [4.78, 5) is 11.2. The van der Waals surface area contributed by atoms with E-state index in [9.17, 15) is 4.79 Å². The van der Waals surface area contributed by atoms with E-state index in [1.54, 1.807) is 0 Å². The van der Waals surface area contributed by atoms with Crippen molar-refractivity contribution in [3.8, 4) is 5.75 Å². The molecule has 1 aromatic carbocycles. The van der Waals surface area contributed by atoms with Crippen LogP contribution in [0, 0.1) is 0 Å². The van der Waals surface area contributed by atoms with Crippen LogP contribution < -0.4 is 10.7 Å². The third-order valence-corrected chi connectivity index (χ3v) is 2.60. The highest BCUT2D eigenvalue weighted by Crippen LogP contribution is 2.03. The van der Waals surface area contributed by atoms with E-state index in [0.29, 0.717) is 12.3 Å². The minimum Gasteiger partial charge on any atom is -0.502 e. The fourth-order valence-corrected chi connectivity index (χ4v) is 1.63. The van der Waals surface area contributed by atoms with E-state index in [2.05, 4.69) is 17.4 Å². The topological polar surface area (TPSA) is 62.5 Å². The molecule has 4 nitrogen and oxygen atoms in total. The number of hydrogen-bond acceptors (Lipinski definition) is 4. The maximum atomic E-state index is 11.2. The van der Waals surface area contributed by atoms with Crippen molar-refractivity contribution in [3.63, 3.8) is 0 Å². The van der Waals surface area contributed by atoms with Gasteiger partial charge < -0.3 is 14.8 Å². The van der Waals surface area contributed by atoms with Crippen LogP contribution in [0.5, 0.6) is 5.75 Å². The number of nitrogens with one attached hydrogen (secondary N) is 1. The minimum absolute atomic E-state index is 0.358. The van der Waals surface area contributed by atoms with Crippen LogP contribution in [0.2, 0.25) is 0 Å². The second kappa shape index (κ2) is 6.02. The molecule has 1 aromatic heterocycles. The van der Waals surface area contributed by atoms with Crippen LogP contribution in [0.4, 0.5) is 0 Å². The second-order valence-corrected chi connectivity index (χ2v) is 4.01. The van der Waals surface area contributed by atoms with Crippen molar-refractivity contribution in [2.45, 2.75) is 13.0 Å². The van der Waals surface area contributed by atoms with Gasteiger partial charge in [0.1, 0.15) is 12.0 Å². The van der Waals surface area contributed by atoms with Gasteiger partial charge in [-0.1, -0.05) is 30.3 Å². The monoisotopic (exact) mass is 245 g/mol. The number of hydrogen-bond donors (Lipinski definition) is 2. The Morgan fingerprint density at radius 1 is 1.22 bits per heavy atom. The molecule has 4 heteroatoms. The van der Waals surface area contributed by atoms with Gasteiger partial charge in [-0.05, 0) is 18.5 Å². The Bertz CT molecular complexity index is 548. The van der Waals surface area contributed by atoms with Crippen molar-refractivity contribution in [3.05, 3.63) is 64.2 Å². The van der Waals surface area contributed by atoms with Crippen molar-refractivity contribution in [1.82, 2.24) is 5.32 Å². The molecule has 0 aliphatic carbocycles. The highest BCUT2D eigenvalue weighted by Gasteiger charge is 2.01. The van der Waals surface area contributed by atoms with E-state index in [0.717, 1.165) is 19.2 Å². The number of benzene rings is 1. The van der Waals surface area contributed by atoms with Crippen LogP contribution in [0.1, 0.15) is 11.3 Å². The molecule has 18 heavy (non-hydrogen) atoms. The first kappa shape index (κ1) is 12.4. The second-order valence-electron chi connectivity index (χ2n) is 4.01. The van der Waals surface area contributed by atoms with E-state index in [1.807, 2.05) is 18.2 Å². The molecule has 0 spiro atoms. The van der Waals surface area contributed by atoms with Gasteiger partial charge in [-0.25, -0.2) is 0 Å². The Hall–Kier alpha value is -2.07. The molecule has 94 valence electrons. The number of rotatable bonds is 5. The van der Waals surface area contributed by atoms with Gasteiger partial charge in [-0.3, -0.25) is 4.79 Å². The van der Waals surface area contributed by atoms with Crippen molar-refractivity contribution < 1.29 is 9.52 Å². The van der Waals surface area contributed by atoms with Crippen molar-refractivity contribution in [1.29, 1.82) is 0 Å². The van der Waals surface area contributed by atoms with Crippen LogP contribution in [0.15, 0.2) is 51.9 Å². The lowest BCUT2D eigenvalue weighted by molar-refractivity contribution is 0.406. The molecule has 0 fully saturated rings. The SMILES string of the molecule is O=c1cc(CNCCc2ccccc2)occ1O. The molecule has 0 radical (unpaired) electrons. The standard InChI is InChI=1S/C14H15NO3/c16-13-8-12(18-10-14(13)17)9-15-7-6-11-4-2-1-3-5-11/h1-5,8,10,15,17H,6-7,9H2. The number of aromatic hydroxyl groups is 1. The van der Waals surface area contributed by atoms with E-state index in [4.69, 9.17) is 9.52 Å². The molecule has 0 aliphatic rings. The normalized spacial score (nSPS) is 10.4. The van der Waals surface area contributed by atoms with Crippen LogP contribution in [-0.2, 0) is 13.0 Å². The fourth-order valence-electron chi connectivity index (χ4n) is 1.63. The zero-order chi connectivity index (χ0) is 12.8. The molecule has 0 amide bonds. The summed E-state index contributed by atoms with van der Waals surface area (Å²) in [5, 5.41) is 12.2. The Morgan fingerprint density at radius 2 is 2.00 bits per heavy atom. The largest absolute Gasteiger partial charge is 0.502 e. The molecule has 0 atom stereocenters. The van der Waals surface area contributed by atoms with Gasteiger partial charge in [0.25, 0.3) is 0 Å². The van der Waals surface area contributed by atoms with Gasteiger partial charge in [0.05, 0.1) is 6.54 Å². The fraction of sp³-hybridized carbons (Fsp3) is 0.214. The molecule has 0 unspecified atom stereocenters. The Balaban J connectivity index is 1.79. The lowest BCUT2D eigenvalue weighted by atomic mass is 10.1. The average Bonchev–Trinajstić information content (AvgIpc) is 2.40. The quantitative estimate of drug-likeness (QED) is 0.787. The zero-order valence-electron chi connectivity index (χ0n) is 9.93. The van der Waals surface area contributed by atoms with Gasteiger partial charge in [-0.15, -0.1) is 0 Å². The molecule has 2 rings (SSSR count). The highest BCUT2D eigenvalue weighted by molar-refractivity contribution is 5.16. The summed E-state index contributed by atoms with van der Waals surface area (Å²) in [6.07, 6.45) is 1.99. The van der Waals surface area contributed by atoms with Gasteiger partial charge in [0.2, 0.25) is 5.43 Å². The molecular formula is C14H15NO3. The van der Waals surface area contributed by atoms with Gasteiger partial charge in [-0.2, -0.15) is 0 Å². The molecule has 0 saturated heterocycles. The zero-order valence-corrected chi connectivity index (χ0v) is 9.93. The minimum atomic E-state index is -0.416. The molecule has 0 aliphatic heterocycles. The summed E-state index contributed by atoms with van der Waals surface area (Å²) in [5.41, 5.74) is 0.846. The van der Waals surface area contributed by atoms with Crippen LogP contribution >= 0.6 is 0 Å². The lowest BCUT2D eigenvalue weighted by Gasteiger charge is -2.04. The van der Waals surface area contributed by atoms with Crippen LogP contribution in [-0.4, -0.2) is 11.7 Å². The average molecular weight is 245 g/mol. The lowest BCUT2D eigenvalue weighted by Crippen LogP contribution is -2.17. The Morgan fingerprint density at radius 3 is 2.72 bits per heavy atom. The first-order valence-electron chi connectivity index (χ1n) is 5.81. The van der Waals surface area contributed by atoms with Crippen molar-refractivity contribution in [2.24, 2.45) is 0 Å². The van der Waals surface area contributed by atoms with Crippen molar-refractivity contribution >= 4 is 0 Å². The molecule has 1 heterocycles. The van der Waals surface area contributed by atoms with Gasteiger partial charge in [0.15, 0.2) is 5.75 Å². The third-order valence-electron chi connectivity index (χ3n) is 2.60. The Kier molecular flexibility index (Phi) is 4.15. The van der Waals surface area contributed by atoms with E-state index >= 15 is 0 Å². The van der Waals surface area contributed by atoms with E-state index < -0.39 is 5.43 Å². The van der Waals surface area contributed by atoms with Crippen LogP contribution in [0.3, 0.4) is 0 Å². The predicted octanol–water partition coefficient (Wildman–Crippen LogP) is 1.68. The summed E-state index contributed by atoms with van der Waals surface area (Å²) in [6.45, 7) is 1.27. The van der Waals surface area contributed by atoms with Gasteiger partial charge >= 0.3 is 0 Å². The summed E-state index contributed by atoms with van der Waals surface area (Å²) in [6, 6.07) is 11.4. The Labute approximate surface area is 105 Å². The molecule has 2 N–H and O–H groups in total. The van der Waals surface area contributed by atoms with Crippen LogP contribution in [0.25, 0.3) is 0 Å². The first-order valence-corrected chi connectivity index (χ1v) is 5.81. The summed E-state index contributed by atoms with van der Waals surface area (Å²) in [7, 11) is 0. The molecule has 2 aromatic rings. The predicted molar refractivity (Wildman–Crippen MR) is 68.5 cm³/mol.